The van der Waals surface area contributed by atoms with Crippen LogP contribution in [0.4, 0.5) is 11.9 Å². The highest BCUT2D eigenvalue weighted by molar-refractivity contribution is 7.46. The molecule has 23 heteroatoms. The lowest BCUT2D eigenvalue weighted by molar-refractivity contribution is -0.224. The highest BCUT2D eigenvalue weighted by Crippen LogP contribution is 2.68. The van der Waals surface area contributed by atoms with Crippen LogP contribution in [-0.4, -0.2) is 116 Å². The number of amides is 2. The smallest absolute Gasteiger partial charge is 0.280 e. The predicted octanol–water partition coefficient (Wildman–Crippen LogP) is 3.26. The first kappa shape index (κ1) is 43.5. The Bertz CT molecular complexity index is 2610. The molecule has 338 valence electrons. The Morgan fingerprint density at radius 2 is 1.33 bits per heavy atom. The molecule has 5 N–H and O–H groups in total. The molecular weight excluding hydrogens is 841 g/mol. The van der Waals surface area contributed by atoms with Crippen LogP contribution in [-0.2, 0) is 37.6 Å². The van der Waals surface area contributed by atoms with Crippen LogP contribution in [0.1, 0.15) is 98.9 Å². The zero-order valence-corrected chi connectivity index (χ0v) is 36.9. The fourth-order valence-electron chi connectivity index (χ4n) is 9.63. The molecule has 2 saturated carbocycles. The van der Waals surface area contributed by atoms with Crippen molar-refractivity contribution in [3.05, 3.63) is 33.4 Å². The van der Waals surface area contributed by atoms with Gasteiger partial charge in [-0.05, 0) is 38.5 Å². The summed E-state index contributed by atoms with van der Waals surface area (Å²) in [5, 5.41) is 24.9. The van der Waals surface area contributed by atoms with Gasteiger partial charge in [-0.1, -0.05) is 41.5 Å². The maximum absolute atomic E-state index is 12.6. The summed E-state index contributed by atoms with van der Waals surface area (Å²) < 4.78 is 41.2. The molecule has 4 aromatic rings. The Labute approximate surface area is 361 Å². The van der Waals surface area contributed by atoms with E-state index in [2.05, 4.69) is 46.6 Å². The molecule has 3 unspecified atom stereocenters. The average Bonchev–Trinajstić information content (AvgIpc) is 3.91. The van der Waals surface area contributed by atoms with E-state index in [-0.39, 0.29) is 57.9 Å². The number of aromatic nitrogens is 8. The Hall–Kier alpha value is -4.72. The van der Waals surface area contributed by atoms with Gasteiger partial charge in [0.15, 0.2) is 43.2 Å². The molecule has 4 aliphatic heterocycles. The van der Waals surface area contributed by atoms with E-state index in [1.54, 1.807) is 36.8 Å². The van der Waals surface area contributed by atoms with Gasteiger partial charge in [0.2, 0.25) is 23.7 Å². The van der Waals surface area contributed by atoms with E-state index in [1.807, 2.05) is 20.5 Å². The van der Waals surface area contributed by atoms with E-state index in [1.165, 1.54) is 12.7 Å². The molecule has 9 atom stereocenters. The SMILES string of the molecule is CC[C@]12O[C@@H](n3cnc4c(=O)[nH]c(NC(=O)C(C)C)nc43)[C@@H](OC13CC3)C2O.CC[C@]12O[C@@H](n3cnc4c(=O)[nH]c(NC(=O)C(C)C)nc43)[C@@H](OC13CC3)C2OP(C)OCCC#N. The number of nitriles is 1. The van der Waals surface area contributed by atoms with Gasteiger partial charge in [-0.25, -0.2) is 9.97 Å². The number of rotatable bonds is 13. The number of anilines is 2. The van der Waals surface area contributed by atoms with Crippen LogP contribution >= 0.6 is 8.38 Å². The van der Waals surface area contributed by atoms with Crippen LogP contribution in [0.25, 0.3) is 22.3 Å². The lowest BCUT2D eigenvalue weighted by atomic mass is 9.88. The normalized spacial score (nSPS) is 30.6. The molecular formula is C40H52N11O11P. The molecule has 2 spiro atoms. The molecule has 4 bridgehead atoms. The number of hydrogen-bond donors (Lipinski definition) is 5. The third kappa shape index (κ3) is 6.81. The number of hydrogen-bond acceptors (Lipinski definition) is 16. The molecule has 2 aliphatic carbocycles. The lowest BCUT2D eigenvalue weighted by Gasteiger charge is -2.38. The molecule has 63 heavy (non-hydrogen) atoms. The summed E-state index contributed by atoms with van der Waals surface area (Å²) in [4.78, 5) is 71.5. The first-order valence-corrected chi connectivity index (χ1v) is 23.0. The van der Waals surface area contributed by atoms with E-state index in [4.69, 9.17) is 33.3 Å². The molecule has 0 aromatic carbocycles. The van der Waals surface area contributed by atoms with Crippen LogP contribution in [0.3, 0.4) is 0 Å². The fourth-order valence-corrected chi connectivity index (χ4v) is 10.6. The van der Waals surface area contributed by atoms with Gasteiger partial charge in [0.1, 0.15) is 46.8 Å². The number of H-pyrrole nitrogens is 2. The summed E-state index contributed by atoms with van der Waals surface area (Å²) in [6.07, 6.45) is 4.62. The van der Waals surface area contributed by atoms with Crippen LogP contribution in [0, 0.1) is 23.2 Å². The van der Waals surface area contributed by atoms with Crippen LogP contribution < -0.4 is 21.8 Å². The number of aliphatic hydroxyl groups is 1. The average molecular weight is 894 g/mol. The number of imidazole rings is 2. The minimum absolute atomic E-state index is 0.0476. The number of ether oxygens (including phenoxy) is 4. The number of carbonyl (C=O) groups excluding carboxylic acids is 2. The Morgan fingerprint density at radius 1 is 0.857 bits per heavy atom. The summed E-state index contributed by atoms with van der Waals surface area (Å²) in [6.45, 7) is 13.2. The minimum Gasteiger partial charge on any atom is -0.387 e. The number of aliphatic hydroxyl groups excluding tert-OH is 1. The monoisotopic (exact) mass is 893 g/mol. The van der Waals surface area contributed by atoms with E-state index in [0.29, 0.717) is 25.9 Å². The second-order valence-electron chi connectivity index (χ2n) is 17.6. The molecule has 10 rings (SSSR count). The van der Waals surface area contributed by atoms with Gasteiger partial charge in [0, 0.05) is 18.5 Å². The molecule has 0 radical (unpaired) electrons. The zero-order valence-electron chi connectivity index (χ0n) is 36.0. The number of nitrogens with zero attached hydrogens (tertiary/aromatic N) is 7. The largest absolute Gasteiger partial charge is 0.387 e. The fraction of sp³-hybridized carbons (Fsp3) is 0.675. The number of fused-ring (bicyclic) bond motifs is 8. The molecule has 4 saturated heterocycles. The molecule has 6 fully saturated rings. The topological polar surface area (TPSA) is 285 Å². The van der Waals surface area contributed by atoms with E-state index in [0.717, 1.165) is 25.7 Å². The van der Waals surface area contributed by atoms with Gasteiger partial charge in [0.25, 0.3) is 11.1 Å². The van der Waals surface area contributed by atoms with Gasteiger partial charge in [-0.15, -0.1) is 0 Å². The van der Waals surface area contributed by atoms with Crippen molar-refractivity contribution in [1.82, 2.24) is 39.0 Å². The Kier molecular flexibility index (Phi) is 10.9. The first-order chi connectivity index (χ1) is 30.1. The summed E-state index contributed by atoms with van der Waals surface area (Å²) >= 11 is 0. The van der Waals surface area contributed by atoms with E-state index >= 15 is 0 Å². The van der Waals surface area contributed by atoms with Gasteiger partial charge in [-0.2, -0.15) is 15.2 Å². The molecule has 2 amide bonds. The van der Waals surface area contributed by atoms with Crippen molar-refractivity contribution in [1.29, 1.82) is 5.26 Å². The second-order valence-corrected chi connectivity index (χ2v) is 18.9. The predicted molar refractivity (Wildman–Crippen MR) is 223 cm³/mol. The van der Waals surface area contributed by atoms with Crippen molar-refractivity contribution in [2.75, 3.05) is 23.9 Å². The van der Waals surface area contributed by atoms with Gasteiger partial charge in [0.05, 0.1) is 31.8 Å². The van der Waals surface area contributed by atoms with Crippen LogP contribution in [0.15, 0.2) is 22.2 Å². The minimum atomic E-state index is -1.26. The molecule has 6 aliphatic rings. The maximum atomic E-state index is 12.6. The summed E-state index contributed by atoms with van der Waals surface area (Å²) in [6, 6.07) is 2.07. The van der Waals surface area contributed by atoms with Crippen molar-refractivity contribution >= 4 is 54.4 Å². The number of nitrogens with one attached hydrogen (secondary N) is 4. The first-order valence-electron chi connectivity index (χ1n) is 21.4. The van der Waals surface area contributed by atoms with Crippen LogP contribution in [0.2, 0.25) is 0 Å². The molecule has 4 aromatic heterocycles. The summed E-state index contributed by atoms with van der Waals surface area (Å²) in [5.41, 5.74) is -2.32. The zero-order chi connectivity index (χ0) is 44.8. The van der Waals surface area contributed by atoms with Crippen molar-refractivity contribution in [2.24, 2.45) is 11.8 Å². The standard InChI is InChI=1S/C22H29N6O6P.C18H23N5O5/c1-5-22-15(34-35(4)31-10-6-9-23)14(32-21(22)7-8-21)19(33-22)28-11-24-13-16(28)25-20(27-18(13)30)26-17(29)12(2)3;1-4-18-11(24)10(27-17(18)5-6-17)15(28-18)23-7-19-9-12(23)20-16(22-14(9)26)21-13(25)8(2)3/h11-12,14-15,19H,5-8,10H2,1-4H3,(H2,25,26,27,29,30);7-8,10-11,15,24H,4-6H2,1-3H3,(H2,20,21,22,25,26)/t14-,15?,19+,22+,35?;10-,11?,15+,18+/m00/s1. The van der Waals surface area contributed by atoms with Crippen molar-refractivity contribution in [3.63, 3.8) is 0 Å². The molecule has 22 nitrogen and oxygen atoms in total. The third-order valence-electron chi connectivity index (χ3n) is 13.2. The van der Waals surface area contributed by atoms with Gasteiger partial charge < -0.3 is 33.1 Å². The van der Waals surface area contributed by atoms with Crippen molar-refractivity contribution < 1.29 is 42.7 Å². The second kappa shape index (κ2) is 15.8. The van der Waals surface area contributed by atoms with Crippen molar-refractivity contribution in [2.45, 2.75) is 146 Å². The van der Waals surface area contributed by atoms with Crippen LogP contribution in [0.5, 0.6) is 0 Å². The van der Waals surface area contributed by atoms with Gasteiger partial charge in [-0.3, -0.25) is 48.9 Å². The highest BCUT2D eigenvalue weighted by Gasteiger charge is 2.79. The third-order valence-corrected chi connectivity index (χ3v) is 14.3. The number of carbonyl (C=O) groups is 2. The Balaban J connectivity index is 0.000000164. The van der Waals surface area contributed by atoms with Crippen molar-refractivity contribution in [3.8, 4) is 6.07 Å². The summed E-state index contributed by atoms with van der Waals surface area (Å²) in [5.74, 6) is -0.968. The summed E-state index contributed by atoms with van der Waals surface area (Å²) in [7, 11) is -1.26. The molecule has 8 heterocycles. The highest BCUT2D eigenvalue weighted by atomic mass is 31.2. The van der Waals surface area contributed by atoms with E-state index < -0.39 is 78.8 Å². The Morgan fingerprint density at radius 3 is 1.81 bits per heavy atom. The van der Waals surface area contributed by atoms with Gasteiger partial charge >= 0.3 is 0 Å². The quantitative estimate of drug-likeness (QED) is 0.0951. The maximum Gasteiger partial charge on any atom is 0.280 e. The number of aromatic amines is 2. The van der Waals surface area contributed by atoms with E-state index in [9.17, 15) is 24.3 Å². The lowest BCUT2D eigenvalue weighted by Crippen LogP contribution is -2.49.